The lowest BCUT2D eigenvalue weighted by molar-refractivity contribution is -0.148. The van der Waals surface area contributed by atoms with Gasteiger partial charge in [0, 0.05) is 18.2 Å². The Hall–Kier alpha value is -1.49. The van der Waals surface area contributed by atoms with Crippen molar-refractivity contribution in [3.63, 3.8) is 0 Å². The second-order valence-electron chi connectivity index (χ2n) is 5.07. The predicted octanol–water partition coefficient (Wildman–Crippen LogP) is 1.96. The van der Waals surface area contributed by atoms with Crippen LogP contribution in [0.1, 0.15) is 29.2 Å². The number of nitrogens with zero attached hydrogens (tertiary/aromatic N) is 1. The summed E-state index contributed by atoms with van der Waals surface area (Å²) in [5.74, 6) is -1.15. The van der Waals surface area contributed by atoms with Crippen molar-refractivity contribution in [2.75, 3.05) is 6.54 Å². The highest BCUT2D eigenvalue weighted by Crippen LogP contribution is 2.29. The number of rotatable bonds is 3. The molecule has 1 fully saturated rings. The Morgan fingerprint density at radius 1 is 1.37 bits per heavy atom. The van der Waals surface area contributed by atoms with Gasteiger partial charge < -0.3 is 10.0 Å². The number of aryl methyl sites for hydroxylation is 2. The summed E-state index contributed by atoms with van der Waals surface area (Å²) in [6.45, 7) is 4.22. The second-order valence-corrected chi connectivity index (χ2v) is 5.80. The van der Waals surface area contributed by atoms with Crippen LogP contribution in [-0.4, -0.2) is 33.7 Å². The van der Waals surface area contributed by atoms with Gasteiger partial charge >= 0.3 is 5.97 Å². The molecule has 1 aliphatic rings. The van der Waals surface area contributed by atoms with Gasteiger partial charge in [-0.15, -0.1) is 0 Å². The fourth-order valence-corrected chi connectivity index (χ4v) is 2.92. The van der Waals surface area contributed by atoms with Crippen molar-refractivity contribution >= 4 is 24.5 Å². The van der Waals surface area contributed by atoms with Crippen LogP contribution in [0.15, 0.2) is 18.2 Å². The predicted molar refractivity (Wildman–Crippen MR) is 75.4 cm³/mol. The lowest BCUT2D eigenvalue weighted by atomic mass is 10.0. The molecule has 0 spiro atoms. The van der Waals surface area contributed by atoms with E-state index in [1.54, 1.807) is 0 Å². The number of hydrogen-bond donors (Lipinski definition) is 2. The molecule has 0 bridgehead atoms. The molecule has 0 saturated carbocycles. The van der Waals surface area contributed by atoms with Crippen LogP contribution in [0.25, 0.3) is 0 Å². The van der Waals surface area contributed by atoms with Gasteiger partial charge in [-0.3, -0.25) is 4.79 Å². The van der Waals surface area contributed by atoms with Gasteiger partial charge in [-0.1, -0.05) is 29.3 Å². The summed E-state index contributed by atoms with van der Waals surface area (Å²) in [6, 6.07) is 4.72. The molecule has 1 N–H and O–H groups in total. The van der Waals surface area contributed by atoms with Gasteiger partial charge in [0.15, 0.2) is 6.04 Å². The van der Waals surface area contributed by atoms with Gasteiger partial charge in [-0.2, -0.15) is 12.6 Å². The Morgan fingerprint density at radius 3 is 2.37 bits per heavy atom. The van der Waals surface area contributed by atoms with Gasteiger partial charge in [0.2, 0.25) is 5.91 Å². The standard InChI is InChI=1S/C14H17NO3S/c1-8-3-9(2)5-10(4-8)13(14(17)18)15-7-11(19)6-12(15)16/h3-5,11,13,19H,6-7H2,1-2H3,(H,17,18). The summed E-state index contributed by atoms with van der Waals surface area (Å²) in [5.41, 5.74) is 2.64. The van der Waals surface area contributed by atoms with Crippen molar-refractivity contribution < 1.29 is 14.7 Å². The van der Waals surface area contributed by atoms with E-state index in [1.807, 2.05) is 32.0 Å². The first-order valence-corrected chi connectivity index (χ1v) is 6.68. The van der Waals surface area contributed by atoms with Gasteiger partial charge in [0.25, 0.3) is 0 Å². The summed E-state index contributed by atoms with van der Waals surface area (Å²) in [4.78, 5) is 24.8. The molecule has 4 nitrogen and oxygen atoms in total. The molecule has 0 aliphatic carbocycles. The number of carboxylic acid groups (broad SMARTS) is 1. The Morgan fingerprint density at radius 2 is 1.95 bits per heavy atom. The number of benzene rings is 1. The van der Waals surface area contributed by atoms with Crippen LogP contribution in [-0.2, 0) is 9.59 Å². The number of amides is 1. The highest BCUT2D eigenvalue weighted by molar-refractivity contribution is 7.81. The summed E-state index contributed by atoms with van der Waals surface area (Å²) < 4.78 is 0. The van der Waals surface area contributed by atoms with Crippen LogP contribution >= 0.6 is 12.6 Å². The number of hydrogen-bond acceptors (Lipinski definition) is 3. The molecule has 1 heterocycles. The van der Waals surface area contributed by atoms with Crippen molar-refractivity contribution in [3.8, 4) is 0 Å². The first kappa shape index (κ1) is 13.9. The molecule has 1 aromatic rings. The van der Waals surface area contributed by atoms with Gasteiger partial charge in [0.05, 0.1) is 0 Å². The topological polar surface area (TPSA) is 57.6 Å². The normalized spacial score (nSPS) is 20.7. The van der Waals surface area contributed by atoms with Crippen LogP contribution in [0.5, 0.6) is 0 Å². The first-order valence-electron chi connectivity index (χ1n) is 6.17. The zero-order valence-corrected chi connectivity index (χ0v) is 11.9. The summed E-state index contributed by atoms with van der Waals surface area (Å²) in [5, 5.41) is 9.37. The molecule has 2 unspecified atom stereocenters. The molecule has 1 aliphatic heterocycles. The maximum atomic E-state index is 11.9. The van der Waals surface area contributed by atoms with Crippen LogP contribution in [0.2, 0.25) is 0 Å². The van der Waals surface area contributed by atoms with E-state index in [2.05, 4.69) is 12.6 Å². The first-order chi connectivity index (χ1) is 8.88. The molecule has 1 aromatic carbocycles. The zero-order valence-electron chi connectivity index (χ0n) is 11.0. The summed E-state index contributed by atoms with van der Waals surface area (Å²) in [7, 11) is 0. The smallest absolute Gasteiger partial charge is 0.331 e. The lowest BCUT2D eigenvalue weighted by Crippen LogP contribution is -2.35. The highest BCUT2D eigenvalue weighted by atomic mass is 32.1. The van der Waals surface area contributed by atoms with E-state index in [0.29, 0.717) is 18.5 Å². The summed E-state index contributed by atoms with van der Waals surface area (Å²) in [6.07, 6.45) is 0.303. The molecule has 1 amide bonds. The minimum atomic E-state index is -0.999. The van der Waals surface area contributed by atoms with Crippen molar-refractivity contribution in [2.45, 2.75) is 31.6 Å². The van der Waals surface area contributed by atoms with E-state index in [9.17, 15) is 14.7 Å². The number of thiol groups is 1. The quantitative estimate of drug-likeness (QED) is 0.832. The Bertz CT molecular complexity index is 509. The van der Waals surface area contributed by atoms with Crippen LogP contribution in [0.3, 0.4) is 0 Å². The molecule has 19 heavy (non-hydrogen) atoms. The second kappa shape index (κ2) is 5.25. The molecule has 0 radical (unpaired) electrons. The van der Waals surface area contributed by atoms with Crippen molar-refractivity contribution in [1.29, 1.82) is 0 Å². The van der Waals surface area contributed by atoms with Gasteiger partial charge in [0.1, 0.15) is 0 Å². The molecule has 5 heteroatoms. The van der Waals surface area contributed by atoms with Gasteiger partial charge in [-0.25, -0.2) is 4.79 Å². The Balaban J connectivity index is 2.40. The molecule has 0 aromatic heterocycles. The number of aliphatic carboxylic acids is 1. The zero-order chi connectivity index (χ0) is 14.2. The Labute approximate surface area is 117 Å². The van der Waals surface area contributed by atoms with Gasteiger partial charge in [-0.05, 0) is 19.4 Å². The van der Waals surface area contributed by atoms with E-state index in [1.165, 1.54) is 4.90 Å². The minimum Gasteiger partial charge on any atom is -0.479 e. The molecule has 102 valence electrons. The van der Waals surface area contributed by atoms with E-state index < -0.39 is 12.0 Å². The number of carbonyl (C=O) groups excluding carboxylic acids is 1. The maximum Gasteiger partial charge on any atom is 0.331 e. The van der Waals surface area contributed by atoms with Crippen molar-refractivity contribution in [3.05, 3.63) is 34.9 Å². The van der Waals surface area contributed by atoms with E-state index in [0.717, 1.165) is 11.1 Å². The Kier molecular flexibility index (Phi) is 3.85. The average Bonchev–Trinajstić information content (AvgIpc) is 2.56. The van der Waals surface area contributed by atoms with Crippen molar-refractivity contribution in [1.82, 2.24) is 4.90 Å². The summed E-state index contributed by atoms with van der Waals surface area (Å²) >= 11 is 4.27. The fourth-order valence-electron chi connectivity index (χ4n) is 2.59. The maximum absolute atomic E-state index is 11.9. The highest BCUT2D eigenvalue weighted by Gasteiger charge is 2.37. The molecule has 1 saturated heterocycles. The minimum absolute atomic E-state index is 0.0831. The van der Waals surface area contributed by atoms with Crippen LogP contribution in [0.4, 0.5) is 0 Å². The number of carboxylic acids is 1. The monoisotopic (exact) mass is 279 g/mol. The third-order valence-corrected chi connectivity index (χ3v) is 3.59. The molecule has 2 atom stereocenters. The largest absolute Gasteiger partial charge is 0.479 e. The molecular formula is C14H17NO3S. The SMILES string of the molecule is Cc1cc(C)cc(C(C(=O)O)N2CC(S)CC2=O)c1. The van der Waals surface area contributed by atoms with E-state index in [-0.39, 0.29) is 11.2 Å². The third kappa shape index (κ3) is 2.92. The van der Waals surface area contributed by atoms with Crippen LogP contribution < -0.4 is 0 Å². The third-order valence-electron chi connectivity index (χ3n) is 3.24. The fraction of sp³-hybridized carbons (Fsp3) is 0.429. The number of carbonyl (C=O) groups is 2. The molecule has 2 rings (SSSR count). The average molecular weight is 279 g/mol. The molecular weight excluding hydrogens is 262 g/mol. The van der Waals surface area contributed by atoms with E-state index in [4.69, 9.17) is 0 Å². The number of likely N-dealkylation sites (tertiary alicyclic amines) is 1. The van der Waals surface area contributed by atoms with E-state index >= 15 is 0 Å². The van der Waals surface area contributed by atoms with Crippen LogP contribution in [0, 0.1) is 13.8 Å². The van der Waals surface area contributed by atoms with Crippen molar-refractivity contribution in [2.24, 2.45) is 0 Å². The lowest BCUT2D eigenvalue weighted by Gasteiger charge is -2.25.